The number of nitrogens with zero attached hydrogens (tertiary/aromatic N) is 1. The summed E-state index contributed by atoms with van der Waals surface area (Å²) >= 11 is 0. The standard InChI is InChI=1S/C17H28F2N2O5/c1-15(2,3)11(20-14(24)26-16(4,5)6)12(22)21-9-17(18,19)8-10(21)13(23)25-7/h10-11H,8-9H2,1-7H3,(H,20,24). The molecule has 0 aliphatic carbocycles. The average Bonchev–Trinajstić information content (AvgIpc) is 2.76. The number of alkyl halides is 2. The van der Waals surface area contributed by atoms with Gasteiger partial charge in [-0.2, -0.15) is 0 Å². The van der Waals surface area contributed by atoms with Crippen LogP contribution in [0.1, 0.15) is 48.0 Å². The van der Waals surface area contributed by atoms with Gasteiger partial charge in [-0.3, -0.25) is 4.79 Å². The Kier molecular flexibility index (Phi) is 6.26. The highest BCUT2D eigenvalue weighted by Gasteiger charge is 2.53. The number of hydrogen-bond acceptors (Lipinski definition) is 5. The highest BCUT2D eigenvalue weighted by atomic mass is 19.3. The Bertz CT molecular complexity index is 566. The van der Waals surface area contributed by atoms with Gasteiger partial charge in [-0.1, -0.05) is 20.8 Å². The van der Waals surface area contributed by atoms with Crippen LogP contribution in [0.2, 0.25) is 0 Å². The van der Waals surface area contributed by atoms with Gasteiger partial charge < -0.3 is 19.7 Å². The molecule has 0 aromatic rings. The molecule has 1 aliphatic rings. The third kappa shape index (κ3) is 5.81. The lowest BCUT2D eigenvalue weighted by atomic mass is 9.85. The summed E-state index contributed by atoms with van der Waals surface area (Å²) in [7, 11) is 1.07. The van der Waals surface area contributed by atoms with Crippen LogP contribution in [-0.2, 0) is 19.1 Å². The molecular formula is C17H28F2N2O5. The fourth-order valence-corrected chi connectivity index (χ4v) is 2.64. The molecule has 1 saturated heterocycles. The monoisotopic (exact) mass is 378 g/mol. The molecule has 0 aromatic carbocycles. The zero-order valence-corrected chi connectivity index (χ0v) is 16.3. The Morgan fingerprint density at radius 1 is 1.15 bits per heavy atom. The fourth-order valence-electron chi connectivity index (χ4n) is 2.64. The number of rotatable bonds is 3. The van der Waals surface area contributed by atoms with Gasteiger partial charge in [0.15, 0.2) is 0 Å². The maximum Gasteiger partial charge on any atom is 0.408 e. The van der Waals surface area contributed by atoms with Crippen molar-refractivity contribution >= 4 is 18.0 Å². The Morgan fingerprint density at radius 2 is 1.69 bits per heavy atom. The number of alkyl carbamates (subject to hydrolysis) is 1. The molecule has 0 bridgehead atoms. The first-order valence-electron chi connectivity index (χ1n) is 8.33. The second-order valence-corrected chi connectivity index (χ2v) is 8.51. The van der Waals surface area contributed by atoms with Gasteiger partial charge in [0, 0.05) is 6.42 Å². The maximum absolute atomic E-state index is 13.8. The van der Waals surface area contributed by atoms with Crippen LogP contribution in [0.4, 0.5) is 13.6 Å². The van der Waals surface area contributed by atoms with Crippen molar-refractivity contribution < 1.29 is 32.6 Å². The minimum Gasteiger partial charge on any atom is -0.467 e. The third-order valence-electron chi connectivity index (χ3n) is 3.80. The lowest BCUT2D eigenvalue weighted by Gasteiger charge is -2.35. The fraction of sp³-hybridized carbons (Fsp3) is 0.824. The van der Waals surface area contributed by atoms with Crippen molar-refractivity contribution in [2.45, 2.75) is 71.6 Å². The summed E-state index contributed by atoms with van der Waals surface area (Å²) in [5, 5.41) is 2.45. The highest BCUT2D eigenvalue weighted by Crippen LogP contribution is 2.34. The largest absolute Gasteiger partial charge is 0.467 e. The minimum absolute atomic E-state index is 0.777. The molecule has 9 heteroatoms. The Balaban J connectivity index is 3.08. The van der Waals surface area contributed by atoms with Crippen molar-refractivity contribution in [2.75, 3.05) is 13.7 Å². The maximum atomic E-state index is 13.8. The zero-order chi connectivity index (χ0) is 20.5. The van der Waals surface area contributed by atoms with E-state index in [-0.39, 0.29) is 0 Å². The number of likely N-dealkylation sites (tertiary alicyclic amines) is 1. The van der Waals surface area contributed by atoms with E-state index < -0.39 is 60.0 Å². The van der Waals surface area contributed by atoms with E-state index in [0.717, 1.165) is 12.0 Å². The molecule has 2 atom stereocenters. The molecule has 1 rings (SSSR count). The lowest BCUT2D eigenvalue weighted by Crippen LogP contribution is -2.57. The van der Waals surface area contributed by atoms with Gasteiger partial charge in [0.2, 0.25) is 5.91 Å². The van der Waals surface area contributed by atoms with Gasteiger partial charge in [0.1, 0.15) is 17.7 Å². The van der Waals surface area contributed by atoms with Gasteiger partial charge in [-0.25, -0.2) is 18.4 Å². The number of ether oxygens (including phenoxy) is 2. The van der Waals surface area contributed by atoms with Gasteiger partial charge in [-0.05, 0) is 26.2 Å². The summed E-state index contributed by atoms with van der Waals surface area (Å²) in [6, 6.07) is -2.55. The van der Waals surface area contributed by atoms with Crippen molar-refractivity contribution in [3.05, 3.63) is 0 Å². The van der Waals surface area contributed by atoms with Crippen LogP contribution < -0.4 is 5.32 Å². The number of halogens is 2. The molecular weight excluding hydrogens is 350 g/mol. The van der Waals surface area contributed by atoms with Gasteiger partial charge in [0.25, 0.3) is 5.92 Å². The SMILES string of the molecule is COC(=O)C1CC(F)(F)CN1C(=O)C(NC(=O)OC(C)(C)C)C(C)(C)C. The Labute approximate surface area is 152 Å². The first-order chi connectivity index (χ1) is 11.6. The highest BCUT2D eigenvalue weighted by molar-refractivity contribution is 5.91. The molecule has 0 saturated carbocycles. The molecule has 0 aromatic heterocycles. The molecule has 1 N–H and O–H groups in total. The van der Waals surface area contributed by atoms with Crippen molar-refractivity contribution in [1.82, 2.24) is 10.2 Å². The van der Waals surface area contributed by atoms with E-state index in [1.54, 1.807) is 41.5 Å². The summed E-state index contributed by atoms with van der Waals surface area (Å²) in [5.74, 6) is -4.90. The molecule has 0 spiro atoms. The van der Waals surface area contributed by atoms with E-state index in [4.69, 9.17) is 4.74 Å². The molecule has 150 valence electrons. The first-order valence-corrected chi connectivity index (χ1v) is 8.33. The van der Waals surface area contributed by atoms with Gasteiger partial charge >= 0.3 is 12.1 Å². The van der Waals surface area contributed by atoms with Crippen molar-refractivity contribution in [2.24, 2.45) is 5.41 Å². The zero-order valence-electron chi connectivity index (χ0n) is 16.3. The molecule has 0 radical (unpaired) electrons. The Hall–Kier alpha value is -1.93. The quantitative estimate of drug-likeness (QED) is 0.762. The molecule has 7 nitrogen and oxygen atoms in total. The van der Waals surface area contributed by atoms with Crippen LogP contribution in [-0.4, -0.2) is 60.1 Å². The summed E-state index contributed by atoms with van der Waals surface area (Å²) < 4.78 is 37.4. The predicted octanol–water partition coefficient (Wildman–Crippen LogP) is 2.33. The van der Waals surface area contributed by atoms with Crippen LogP contribution >= 0.6 is 0 Å². The van der Waals surface area contributed by atoms with E-state index in [0.29, 0.717) is 0 Å². The summed E-state index contributed by atoms with van der Waals surface area (Å²) in [5.41, 5.74) is -1.59. The van der Waals surface area contributed by atoms with Crippen LogP contribution in [0.25, 0.3) is 0 Å². The van der Waals surface area contributed by atoms with E-state index in [1.165, 1.54) is 0 Å². The number of esters is 1. The number of carbonyl (C=O) groups is 3. The molecule has 1 aliphatic heterocycles. The van der Waals surface area contributed by atoms with Crippen LogP contribution in [0.5, 0.6) is 0 Å². The third-order valence-corrected chi connectivity index (χ3v) is 3.80. The summed E-state index contributed by atoms with van der Waals surface area (Å²) in [6.45, 7) is 9.10. The van der Waals surface area contributed by atoms with E-state index in [1.807, 2.05) is 0 Å². The number of methoxy groups -OCH3 is 1. The van der Waals surface area contributed by atoms with Gasteiger partial charge in [0.05, 0.1) is 13.7 Å². The van der Waals surface area contributed by atoms with E-state index in [9.17, 15) is 23.2 Å². The second-order valence-electron chi connectivity index (χ2n) is 8.51. The topological polar surface area (TPSA) is 84.9 Å². The number of amides is 2. The number of hydrogen-bond donors (Lipinski definition) is 1. The van der Waals surface area contributed by atoms with Crippen LogP contribution in [0.3, 0.4) is 0 Å². The van der Waals surface area contributed by atoms with Crippen molar-refractivity contribution in [3.8, 4) is 0 Å². The molecule has 1 fully saturated rings. The number of carbonyl (C=O) groups excluding carboxylic acids is 3. The summed E-state index contributed by atoms with van der Waals surface area (Å²) in [4.78, 5) is 37.6. The lowest BCUT2D eigenvalue weighted by molar-refractivity contribution is -0.152. The average molecular weight is 378 g/mol. The Morgan fingerprint density at radius 3 is 2.12 bits per heavy atom. The van der Waals surface area contributed by atoms with Crippen LogP contribution in [0, 0.1) is 5.41 Å². The van der Waals surface area contributed by atoms with Crippen molar-refractivity contribution in [1.29, 1.82) is 0 Å². The van der Waals surface area contributed by atoms with Crippen LogP contribution in [0.15, 0.2) is 0 Å². The van der Waals surface area contributed by atoms with Gasteiger partial charge in [-0.15, -0.1) is 0 Å². The number of nitrogens with one attached hydrogen (secondary N) is 1. The van der Waals surface area contributed by atoms with E-state index >= 15 is 0 Å². The molecule has 2 amide bonds. The normalized spacial score (nSPS) is 21.1. The molecule has 26 heavy (non-hydrogen) atoms. The first kappa shape index (κ1) is 22.1. The molecule has 2 unspecified atom stereocenters. The predicted molar refractivity (Wildman–Crippen MR) is 89.7 cm³/mol. The molecule has 1 heterocycles. The minimum atomic E-state index is -3.21. The second kappa shape index (κ2) is 7.36. The van der Waals surface area contributed by atoms with E-state index in [2.05, 4.69) is 10.1 Å². The smallest absolute Gasteiger partial charge is 0.408 e. The van der Waals surface area contributed by atoms with Crippen molar-refractivity contribution in [3.63, 3.8) is 0 Å². The summed E-state index contributed by atoms with van der Waals surface area (Å²) in [6.07, 6.45) is -1.65.